The Labute approximate surface area is 117 Å². The zero-order chi connectivity index (χ0) is 13.0. The van der Waals surface area contributed by atoms with Crippen molar-refractivity contribution in [3.05, 3.63) is 0 Å². The maximum atomic E-state index is 3.73. The first-order chi connectivity index (χ1) is 8.70. The molecule has 0 radical (unpaired) electrons. The Kier molecular flexibility index (Phi) is 5.84. The van der Waals surface area contributed by atoms with Crippen LogP contribution in [0.5, 0.6) is 0 Å². The van der Waals surface area contributed by atoms with E-state index in [1.165, 1.54) is 50.9 Å². The molecule has 3 heteroatoms. The Morgan fingerprint density at radius 2 is 2.06 bits per heavy atom. The Balaban J connectivity index is 1.87. The van der Waals surface area contributed by atoms with E-state index in [2.05, 4.69) is 42.7 Å². The van der Waals surface area contributed by atoms with Gasteiger partial charge in [0.1, 0.15) is 0 Å². The van der Waals surface area contributed by atoms with Gasteiger partial charge in [-0.05, 0) is 38.0 Å². The third-order valence-electron chi connectivity index (χ3n) is 4.29. The molecule has 0 spiro atoms. The fourth-order valence-corrected chi connectivity index (χ4v) is 4.94. The van der Waals surface area contributed by atoms with Gasteiger partial charge >= 0.3 is 0 Å². The van der Waals surface area contributed by atoms with Gasteiger partial charge in [0.15, 0.2) is 0 Å². The summed E-state index contributed by atoms with van der Waals surface area (Å²) < 4.78 is 0. The maximum absolute atomic E-state index is 3.73. The van der Waals surface area contributed by atoms with Crippen LogP contribution in [0.4, 0.5) is 0 Å². The Bertz CT molecular complexity index is 245. The minimum atomic E-state index is 0.624. The highest BCUT2D eigenvalue weighted by Crippen LogP contribution is 2.34. The topological polar surface area (TPSA) is 15.3 Å². The lowest BCUT2D eigenvalue weighted by molar-refractivity contribution is 0.138. The number of thioether (sulfide) groups is 1. The first-order valence-corrected chi connectivity index (χ1v) is 8.87. The third-order valence-corrected chi connectivity index (χ3v) is 5.60. The van der Waals surface area contributed by atoms with Gasteiger partial charge in [-0.15, -0.1) is 0 Å². The monoisotopic (exact) mass is 270 g/mol. The number of piperidine rings is 1. The lowest BCUT2D eigenvalue weighted by Gasteiger charge is -2.40. The smallest absolute Gasteiger partial charge is 0.0215 e. The number of hydrogen-bond acceptors (Lipinski definition) is 3. The molecule has 2 fully saturated rings. The van der Waals surface area contributed by atoms with Crippen LogP contribution in [0.15, 0.2) is 0 Å². The van der Waals surface area contributed by atoms with E-state index in [9.17, 15) is 0 Å². The minimum Gasteiger partial charge on any atom is -0.311 e. The van der Waals surface area contributed by atoms with Crippen molar-refractivity contribution in [3.8, 4) is 0 Å². The average molecular weight is 270 g/mol. The molecule has 2 nitrogen and oxygen atoms in total. The first-order valence-electron chi connectivity index (χ1n) is 7.82. The van der Waals surface area contributed by atoms with E-state index < -0.39 is 0 Å². The largest absolute Gasteiger partial charge is 0.311 e. The van der Waals surface area contributed by atoms with Crippen LogP contribution in [0, 0.1) is 0 Å². The second-order valence-electron chi connectivity index (χ2n) is 6.15. The predicted octanol–water partition coefficient (Wildman–Crippen LogP) is 3.12. The molecule has 3 unspecified atom stereocenters. The summed E-state index contributed by atoms with van der Waals surface area (Å²) in [5, 5.41) is 4.64. The van der Waals surface area contributed by atoms with E-state index in [1.54, 1.807) is 0 Å². The van der Waals surface area contributed by atoms with Gasteiger partial charge < -0.3 is 5.32 Å². The molecule has 1 saturated heterocycles. The van der Waals surface area contributed by atoms with E-state index in [4.69, 9.17) is 0 Å². The Morgan fingerprint density at radius 1 is 1.22 bits per heavy atom. The molecule has 3 atom stereocenters. The van der Waals surface area contributed by atoms with Crippen LogP contribution < -0.4 is 5.32 Å². The summed E-state index contributed by atoms with van der Waals surface area (Å²) in [4.78, 5) is 2.80. The summed E-state index contributed by atoms with van der Waals surface area (Å²) in [5.41, 5.74) is 0. The van der Waals surface area contributed by atoms with Gasteiger partial charge in [-0.1, -0.05) is 27.2 Å². The summed E-state index contributed by atoms with van der Waals surface area (Å²) >= 11 is 2.19. The van der Waals surface area contributed by atoms with Crippen molar-refractivity contribution in [1.82, 2.24) is 10.2 Å². The number of likely N-dealkylation sites (tertiary alicyclic amines) is 1. The van der Waals surface area contributed by atoms with Crippen molar-refractivity contribution in [1.29, 1.82) is 0 Å². The molecule has 0 bridgehead atoms. The highest BCUT2D eigenvalue weighted by Gasteiger charge is 2.34. The number of nitrogens with zero attached hydrogens (tertiary/aromatic N) is 1. The predicted molar refractivity (Wildman–Crippen MR) is 82.4 cm³/mol. The van der Waals surface area contributed by atoms with E-state index in [-0.39, 0.29) is 0 Å². The fraction of sp³-hybridized carbons (Fsp3) is 1.00. The standard InChI is InChI=1S/C15H30N2S/c1-4-18-15-9-5-8-14(15)17-10-6-7-13(11-17)16-12(2)3/h12-16H,4-11H2,1-3H3. The summed E-state index contributed by atoms with van der Waals surface area (Å²) in [6.45, 7) is 9.46. The van der Waals surface area contributed by atoms with Crippen molar-refractivity contribution < 1.29 is 0 Å². The average Bonchev–Trinajstić information content (AvgIpc) is 2.77. The van der Waals surface area contributed by atoms with E-state index in [0.29, 0.717) is 6.04 Å². The van der Waals surface area contributed by atoms with Crippen LogP contribution in [0.2, 0.25) is 0 Å². The second-order valence-corrected chi connectivity index (χ2v) is 7.66. The zero-order valence-electron chi connectivity index (χ0n) is 12.3. The molecule has 0 amide bonds. The molecule has 106 valence electrons. The van der Waals surface area contributed by atoms with Gasteiger partial charge in [0.2, 0.25) is 0 Å². The lowest BCUT2D eigenvalue weighted by Crippen LogP contribution is -2.52. The van der Waals surface area contributed by atoms with Crippen LogP contribution in [0.25, 0.3) is 0 Å². The van der Waals surface area contributed by atoms with Crippen LogP contribution in [-0.4, -0.2) is 47.1 Å². The summed E-state index contributed by atoms with van der Waals surface area (Å²) in [5.74, 6) is 1.28. The van der Waals surface area contributed by atoms with Crippen molar-refractivity contribution >= 4 is 11.8 Å². The zero-order valence-corrected chi connectivity index (χ0v) is 13.1. The van der Waals surface area contributed by atoms with Crippen LogP contribution in [-0.2, 0) is 0 Å². The molecule has 2 rings (SSSR count). The molecule has 1 N–H and O–H groups in total. The third kappa shape index (κ3) is 3.88. The van der Waals surface area contributed by atoms with Gasteiger partial charge in [0, 0.05) is 29.9 Å². The maximum Gasteiger partial charge on any atom is 0.0215 e. The highest BCUT2D eigenvalue weighted by atomic mass is 32.2. The molecule has 0 aromatic carbocycles. The molecule has 1 aliphatic heterocycles. The van der Waals surface area contributed by atoms with E-state index in [0.717, 1.165) is 17.3 Å². The molecule has 1 saturated carbocycles. The molecule has 18 heavy (non-hydrogen) atoms. The Morgan fingerprint density at radius 3 is 2.78 bits per heavy atom. The van der Waals surface area contributed by atoms with E-state index >= 15 is 0 Å². The number of hydrogen-bond donors (Lipinski definition) is 1. The van der Waals surface area contributed by atoms with Gasteiger partial charge in [-0.25, -0.2) is 0 Å². The van der Waals surface area contributed by atoms with Crippen LogP contribution in [0.3, 0.4) is 0 Å². The normalized spacial score (nSPS) is 34.3. The molecule has 1 heterocycles. The minimum absolute atomic E-state index is 0.624. The van der Waals surface area contributed by atoms with Crippen molar-refractivity contribution in [3.63, 3.8) is 0 Å². The summed E-state index contributed by atoms with van der Waals surface area (Å²) in [6.07, 6.45) is 7.08. The quantitative estimate of drug-likeness (QED) is 0.826. The molecule has 2 aliphatic rings. The van der Waals surface area contributed by atoms with Gasteiger partial charge in [0.25, 0.3) is 0 Å². The summed E-state index contributed by atoms with van der Waals surface area (Å²) in [6, 6.07) is 2.22. The molecular formula is C15H30N2S. The molecule has 1 aliphatic carbocycles. The fourth-order valence-electron chi connectivity index (χ4n) is 3.65. The molecule has 0 aromatic heterocycles. The second kappa shape index (κ2) is 7.16. The Hall–Kier alpha value is 0.270. The van der Waals surface area contributed by atoms with Gasteiger partial charge in [-0.3, -0.25) is 4.90 Å². The van der Waals surface area contributed by atoms with Crippen LogP contribution >= 0.6 is 11.8 Å². The van der Waals surface area contributed by atoms with Crippen molar-refractivity contribution in [2.75, 3.05) is 18.8 Å². The molecule has 0 aromatic rings. The lowest BCUT2D eigenvalue weighted by atomic mass is 10.0. The molecular weight excluding hydrogens is 240 g/mol. The number of rotatable bonds is 5. The van der Waals surface area contributed by atoms with E-state index in [1.807, 2.05) is 0 Å². The summed E-state index contributed by atoms with van der Waals surface area (Å²) in [7, 11) is 0. The van der Waals surface area contributed by atoms with Crippen LogP contribution in [0.1, 0.15) is 52.9 Å². The number of nitrogens with one attached hydrogen (secondary N) is 1. The van der Waals surface area contributed by atoms with Gasteiger partial charge in [-0.2, -0.15) is 11.8 Å². The highest BCUT2D eigenvalue weighted by molar-refractivity contribution is 7.99. The van der Waals surface area contributed by atoms with Crippen molar-refractivity contribution in [2.45, 2.75) is 76.3 Å². The SMILES string of the molecule is CCSC1CCCC1N1CCCC(NC(C)C)C1. The first kappa shape index (κ1) is 14.7. The van der Waals surface area contributed by atoms with Crippen molar-refractivity contribution in [2.24, 2.45) is 0 Å². The van der Waals surface area contributed by atoms with Gasteiger partial charge in [0.05, 0.1) is 0 Å².